The number of aryl methyl sites for hydroxylation is 1. The molecule has 0 fully saturated rings. The highest BCUT2D eigenvalue weighted by atomic mass is 16.6. The second-order valence-corrected chi connectivity index (χ2v) is 7.27. The number of benzene rings is 2. The van der Waals surface area contributed by atoms with Gasteiger partial charge in [-0.3, -0.25) is 14.9 Å². The molecule has 3 aromatic rings. The van der Waals surface area contributed by atoms with Crippen molar-refractivity contribution < 1.29 is 23.6 Å². The summed E-state index contributed by atoms with van der Waals surface area (Å²) in [5, 5.41) is 17.1. The average molecular weight is 435 g/mol. The van der Waals surface area contributed by atoms with E-state index in [4.69, 9.17) is 13.9 Å². The van der Waals surface area contributed by atoms with Gasteiger partial charge in [0.05, 0.1) is 24.0 Å². The van der Waals surface area contributed by atoms with Crippen LogP contribution in [-0.4, -0.2) is 35.3 Å². The third kappa shape index (κ3) is 4.31. The topological polar surface area (TPSA) is 107 Å². The molecule has 2 aromatic carbocycles. The highest BCUT2D eigenvalue weighted by molar-refractivity contribution is 6.03. The Morgan fingerprint density at radius 1 is 1.25 bits per heavy atom. The first-order chi connectivity index (χ1) is 15.5. The van der Waals surface area contributed by atoms with Crippen molar-refractivity contribution in [1.82, 2.24) is 5.01 Å². The molecule has 0 bridgehead atoms. The predicted octanol–water partition coefficient (Wildman–Crippen LogP) is 4.26. The van der Waals surface area contributed by atoms with E-state index < -0.39 is 23.5 Å². The first kappa shape index (κ1) is 21.1. The number of amides is 1. The number of carbonyl (C=O) groups excluding carboxylic acids is 1. The summed E-state index contributed by atoms with van der Waals surface area (Å²) in [7, 11) is 1.59. The van der Waals surface area contributed by atoms with E-state index in [1.807, 2.05) is 24.3 Å². The molecule has 0 saturated heterocycles. The molecule has 32 heavy (non-hydrogen) atoms. The summed E-state index contributed by atoms with van der Waals surface area (Å²) in [5.74, 6) is 0.908. The van der Waals surface area contributed by atoms with E-state index in [-0.39, 0.29) is 11.4 Å². The summed E-state index contributed by atoms with van der Waals surface area (Å²) in [6, 6.07) is 15.0. The Kier molecular flexibility index (Phi) is 5.89. The van der Waals surface area contributed by atoms with E-state index in [1.54, 1.807) is 32.2 Å². The van der Waals surface area contributed by atoms with Gasteiger partial charge >= 0.3 is 5.69 Å². The number of nitrogens with zero attached hydrogens (tertiary/aromatic N) is 3. The van der Waals surface area contributed by atoms with E-state index >= 15 is 0 Å². The van der Waals surface area contributed by atoms with Crippen LogP contribution in [-0.2, 0) is 4.79 Å². The summed E-state index contributed by atoms with van der Waals surface area (Å²) in [4.78, 5) is 23.8. The predicted molar refractivity (Wildman–Crippen MR) is 116 cm³/mol. The molecule has 164 valence electrons. The number of hydrazone groups is 1. The fraction of sp³-hybridized carbons (Fsp3) is 0.217. The Labute approximate surface area is 184 Å². The number of hydrogen-bond donors (Lipinski definition) is 0. The van der Waals surface area contributed by atoms with Gasteiger partial charge in [-0.2, -0.15) is 5.10 Å². The van der Waals surface area contributed by atoms with Gasteiger partial charge in [-0.05, 0) is 60.5 Å². The molecule has 0 N–H and O–H groups in total. The molecule has 0 spiro atoms. The smallest absolute Gasteiger partial charge is 0.310 e. The third-order valence-electron chi connectivity index (χ3n) is 5.12. The van der Waals surface area contributed by atoms with E-state index in [1.165, 1.54) is 23.4 Å². The Morgan fingerprint density at radius 2 is 2.03 bits per heavy atom. The van der Waals surface area contributed by atoms with Crippen molar-refractivity contribution >= 4 is 17.3 Å². The van der Waals surface area contributed by atoms with Crippen LogP contribution in [0.3, 0.4) is 0 Å². The molecule has 2 heterocycles. The summed E-state index contributed by atoms with van der Waals surface area (Å²) in [6.07, 6.45) is 1.99. The molecule has 1 amide bonds. The summed E-state index contributed by atoms with van der Waals surface area (Å²) < 4.78 is 16.3. The normalized spacial score (nSPS) is 15.4. The van der Waals surface area contributed by atoms with Gasteiger partial charge in [0.1, 0.15) is 17.6 Å². The molecule has 9 heteroatoms. The largest absolute Gasteiger partial charge is 0.497 e. The Morgan fingerprint density at radius 3 is 2.69 bits per heavy atom. The Balaban J connectivity index is 1.57. The second-order valence-electron chi connectivity index (χ2n) is 7.27. The van der Waals surface area contributed by atoms with Crippen molar-refractivity contribution in [3.8, 4) is 11.5 Å². The van der Waals surface area contributed by atoms with Crippen LogP contribution in [0.25, 0.3) is 0 Å². The molecule has 1 aliphatic rings. The van der Waals surface area contributed by atoms with Crippen LogP contribution in [0, 0.1) is 17.0 Å². The minimum atomic E-state index is -0.541. The van der Waals surface area contributed by atoms with Crippen molar-refractivity contribution in [2.75, 3.05) is 13.7 Å². The van der Waals surface area contributed by atoms with Gasteiger partial charge in [-0.1, -0.05) is 6.07 Å². The van der Waals surface area contributed by atoms with Crippen LogP contribution in [0.4, 0.5) is 5.69 Å². The van der Waals surface area contributed by atoms with Gasteiger partial charge < -0.3 is 13.9 Å². The van der Waals surface area contributed by atoms with Gasteiger partial charge in [-0.15, -0.1) is 0 Å². The number of furan rings is 1. The minimum absolute atomic E-state index is 0.0384. The lowest BCUT2D eigenvalue weighted by molar-refractivity contribution is -0.385. The SMILES string of the molecule is COc1ccc(C2=NN(C(=O)COc3cc(C)ccc3[N+](=O)[O-])C(c3ccco3)C2)cc1. The Bertz CT molecular complexity index is 1150. The summed E-state index contributed by atoms with van der Waals surface area (Å²) >= 11 is 0. The monoisotopic (exact) mass is 435 g/mol. The molecule has 1 aliphatic heterocycles. The van der Waals surface area contributed by atoms with Crippen LogP contribution >= 0.6 is 0 Å². The molecule has 0 radical (unpaired) electrons. The number of hydrogen-bond acceptors (Lipinski definition) is 7. The number of nitro benzene ring substituents is 1. The molecule has 1 unspecified atom stereocenters. The van der Waals surface area contributed by atoms with Crippen molar-refractivity contribution in [1.29, 1.82) is 0 Å². The van der Waals surface area contributed by atoms with Crippen LogP contribution < -0.4 is 9.47 Å². The lowest BCUT2D eigenvalue weighted by Gasteiger charge is -2.20. The maximum Gasteiger partial charge on any atom is 0.310 e. The zero-order valence-corrected chi connectivity index (χ0v) is 17.6. The fourth-order valence-corrected chi connectivity index (χ4v) is 3.49. The maximum atomic E-state index is 13.0. The van der Waals surface area contributed by atoms with Crippen LogP contribution in [0.15, 0.2) is 70.4 Å². The first-order valence-corrected chi connectivity index (χ1v) is 9.91. The lowest BCUT2D eigenvalue weighted by atomic mass is 10.0. The highest BCUT2D eigenvalue weighted by Gasteiger charge is 2.35. The van der Waals surface area contributed by atoms with Crippen molar-refractivity contribution in [3.05, 3.63) is 87.9 Å². The summed E-state index contributed by atoms with van der Waals surface area (Å²) in [6.45, 7) is 1.39. The van der Waals surface area contributed by atoms with E-state index in [2.05, 4.69) is 5.10 Å². The molecule has 0 saturated carbocycles. The standard InChI is InChI=1S/C23H21N3O6/c1-15-5-10-19(26(28)29)22(12-15)32-14-23(27)25-20(21-4-3-11-31-21)13-18(24-25)16-6-8-17(30-2)9-7-16/h3-12,20H,13-14H2,1-2H3. The number of methoxy groups -OCH3 is 1. The van der Waals surface area contributed by atoms with Gasteiger partial charge in [0, 0.05) is 12.5 Å². The van der Waals surface area contributed by atoms with Gasteiger partial charge in [0.25, 0.3) is 5.91 Å². The third-order valence-corrected chi connectivity index (χ3v) is 5.12. The fourth-order valence-electron chi connectivity index (χ4n) is 3.49. The second kappa shape index (κ2) is 8.93. The van der Waals surface area contributed by atoms with E-state index in [0.717, 1.165) is 16.9 Å². The minimum Gasteiger partial charge on any atom is -0.497 e. The van der Waals surface area contributed by atoms with E-state index in [0.29, 0.717) is 17.9 Å². The molecule has 9 nitrogen and oxygen atoms in total. The quantitative estimate of drug-likeness (QED) is 0.405. The number of rotatable bonds is 7. The lowest BCUT2D eigenvalue weighted by Crippen LogP contribution is -2.31. The molecule has 1 aromatic heterocycles. The molecule has 1 atom stereocenters. The van der Waals surface area contributed by atoms with Crippen molar-refractivity contribution in [3.63, 3.8) is 0 Å². The number of ether oxygens (including phenoxy) is 2. The Hall–Kier alpha value is -4.14. The number of nitro groups is 1. The number of carbonyl (C=O) groups is 1. The molecular weight excluding hydrogens is 414 g/mol. The van der Waals surface area contributed by atoms with Crippen LogP contribution in [0.2, 0.25) is 0 Å². The van der Waals surface area contributed by atoms with Crippen LogP contribution in [0.1, 0.15) is 29.3 Å². The van der Waals surface area contributed by atoms with Gasteiger partial charge in [0.2, 0.25) is 0 Å². The van der Waals surface area contributed by atoms with Gasteiger partial charge in [0.15, 0.2) is 12.4 Å². The zero-order valence-electron chi connectivity index (χ0n) is 17.6. The van der Waals surface area contributed by atoms with Crippen molar-refractivity contribution in [2.24, 2.45) is 5.10 Å². The van der Waals surface area contributed by atoms with Crippen LogP contribution in [0.5, 0.6) is 11.5 Å². The maximum absolute atomic E-state index is 13.0. The van der Waals surface area contributed by atoms with Crippen molar-refractivity contribution in [2.45, 2.75) is 19.4 Å². The molecular formula is C23H21N3O6. The van der Waals surface area contributed by atoms with Gasteiger partial charge in [-0.25, -0.2) is 5.01 Å². The molecule has 0 aliphatic carbocycles. The zero-order chi connectivity index (χ0) is 22.7. The first-order valence-electron chi connectivity index (χ1n) is 9.91. The average Bonchev–Trinajstić information content (AvgIpc) is 3.47. The highest BCUT2D eigenvalue weighted by Crippen LogP contribution is 2.34. The summed E-state index contributed by atoms with van der Waals surface area (Å²) in [5.41, 5.74) is 2.15. The molecule has 4 rings (SSSR count). The van der Waals surface area contributed by atoms with E-state index in [9.17, 15) is 14.9 Å².